The van der Waals surface area contributed by atoms with Gasteiger partial charge in [-0.05, 0) is 17.5 Å². The summed E-state index contributed by atoms with van der Waals surface area (Å²) < 4.78 is 0. The summed E-state index contributed by atoms with van der Waals surface area (Å²) in [6.07, 6.45) is 1.58. The number of nitrogens with zero attached hydrogens (tertiary/aromatic N) is 3. The Bertz CT molecular complexity index is 657. The minimum Gasteiger partial charge on any atom is -0.481 e. The van der Waals surface area contributed by atoms with Crippen LogP contribution < -0.4 is 4.90 Å². The molecule has 2 aromatic rings. The summed E-state index contributed by atoms with van der Waals surface area (Å²) in [5, 5.41) is 10.9. The Balaban J connectivity index is 1.90. The first-order chi connectivity index (χ1) is 9.65. The van der Waals surface area contributed by atoms with Crippen LogP contribution >= 0.6 is 11.3 Å². The number of thiophene rings is 1. The number of aliphatic carboxylic acids is 1. The van der Waals surface area contributed by atoms with Crippen LogP contribution in [0.1, 0.15) is 6.42 Å². The number of carbonyl (C=O) groups is 2. The van der Waals surface area contributed by atoms with Crippen molar-refractivity contribution in [2.75, 3.05) is 11.4 Å². The molecular formula is C13H11N3O3S. The first-order valence-corrected chi connectivity index (χ1v) is 6.93. The van der Waals surface area contributed by atoms with E-state index in [1.165, 1.54) is 4.90 Å². The van der Waals surface area contributed by atoms with Gasteiger partial charge in [-0.15, -0.1) is 11.3 Å². The zero-order chi connectivity index (χ0) is 14.1. The summed E-state index contributed by atoms with van der Waals surface area (Å²) in [6.45, 7) is 0.127. The summed E-state index contributed by atoms with van der Waals surface area (Å²) in [5.41, 5.74) is 0.733. The Labute approximate surface area is 118 Å². The number of carboxylic acids is 1. The van der Waals surface area contributed by atoms with Crippen LogP contribution in [0.2, 0.25) is 0 Å². The molecule has 1 amide bonds. The van der Waals surface area contributed by atoms with Crippen molar-refractivity contribution >= 4 is 29.2 Å². The quantitative estimate of drug-likeness (QED) is 0.928. The monoisotopic (exact) mass is 289 g/mol. The van der Waals surface area contributed by atoms with Crippen LogP contribution in [-0.4, -0.2) is 33.5 Å². The first-order valence-electron chi connectivity index (χ1n) is 6.05. The van der Waals surface area contributed by atoms with E-state index in [4.69, 9.17) is 5.11 Å². The number of hydrogen-bond acceptors (Lipinski definition) is 5. The van der Waals surface area contributed by atoms with Gasteiger partial charge in [0, 0.05) is 19.2 Å². The summed E-state index contributed by atoms with van der Waals surface area (Å²) in [4.78, 5) is 33.6. The normalized spacial score (nSPS) is 18.5. The molecular weight excluding hydrogens is 278 g/mol. The van der Waals surface area contributed by atoms with E-state index < -0.39 is 11.9 Å². The molecule has 1 unspecified atom stereocenters. The molecule has 3 heterocycles. The highest BCUT2D eigenvalue weighted by Crippen LogP contribution is 2.26. The molecule has 2 aromatic heterocycles. The molecule has 20 heavy (non-hydrogen) atoms. The van der Waals surface area contributed by atoms with E-state index in [2.05, 4.69) is 9.97 Å². The molecule has 0 saturated carbocycles. The third kappa shape index (κ3) is 2.27. The molecule has 0 aliphatic carbocycles. The van der Waals surface area contributed by atoms with Gasteiger partial charge in [0.1, 0.15) is 0 Å². The third-order valence-electron chi connectivity index (χ3n) is 3.13. The molecule has 1 atom stereocenters. The zero-order valence-electron chi connectivity index (χ0n) is 10.4. The van der Waals surface area contributed by atoms with Crippen molar-refractivity contribution in [1.82, 2.24) is 9.97 Å². The standard InChI is InChI=1S/C13H11N3O3S/c17-11-6-8(12(18)19)7-16(11)13-14-4-3-9(15-13)10-2-1-5-20-10/h1-5,8H,6-7H2,(H,18,19). The van der Waals surface area contributed by atoms with Gasteiger partial charge >= 0.3 is 5.97 Å². The number of carboxylic acid groups (broad SMARTS) is 1. The van der Waals surface area contributed by atoms with E-state index in [-0.39, 0.29) is 24.8 Å². The zero-order valence-corrected chi connectivity index (χ0v) is 11.2. The molecule has 1 aliphatic rings. The van der Waals surface area contributed by atoms with Gasteiger partial charge in [0.05, 0.1) is 16.5 Å². The van der Waals surface area contributed by atoms with E-state index in [1.807, 2.05) is 17.5 Å². The lowest BCUT2D eigenvalue weighted by molar-refractivity contribution is -0.141. The number of anilines is 1. The molecule has 0 spiro atoms. The van der Waals surface area contributed by atoms with Crippen LogP contribution in [-0.2, 0) is 9.59 Å². The van der Waals surface area contributed by atoms with Gasteiger partial charge in [-0.3, -0.25) is 14.5 Å². The molecule has 102 valence electrons. The van der Waals surface area contributed by atoms with Crippen LogP contribution in [0.15, 0.2) is 29.8 Å². The lowest BCUT2D eigenvalue weighted by Gasteiger charge is -2.13. The van der Waals surface area contributed by atoms with Gasteiger partial charge in [-0.2, -0.15) is 0 Å². The van der Waals surface area contributed by atoms with Gasteiger partial charge in [-0.25, -0.2) is 9.97 Å². The maximum Gasteiger partial charge on any atom is 0.308 e. The Morgan fingerprint density at radius 3 is 2.95 bits per heavy atom. The highest BCUT2D eigenvalue weighted by molar-refractivity contribution is 7.13. The predicted molar refractivity (Wildman–Crippen MR) is 73.4 cm³/mol. The van der Waals surface area contributed by atoms with Gasteiger partial charge in [0.2, 0.25) is 11.9 Å². The number of aromatic nitrogens is 2. The van der Waals surface area contributed by atoms with Crippen molar-refractivity contribution in [1.29, 1.82) is 0 Å². The number of hydrogen-bond donors (Lipinski definition) is 1. The van der Waals surface area contributed by atoms with Gasteiger partial charge in [-0.1, -0.05) is 6.07 Å². The molecule has 0 radical (unpaired) electrons. The lowest BCUT2D eigenvalue weighted by atomic mass is 10.1. The third-order valence-corrected chi connectivity index (χ3v) is 4.02. The summed E-state index contributed by atoms with van der Waals surface area (Å²) in [6, 6.07) is 5.62. The second-order valence-electron chi connectivity index (χ2n) is 4.46. The van der Waals surface area contributed by atoms with Crippen molar-refractivity contribution in [2.24, 2.45) is 5.92 Å². The van der Waals surface area contributed by atoms with Crippen LogP contribution in [0.25, 0.3) is 10.6 Å². The van der Waals surface area contributed by atoms with Gasteiger partial charge < -0.3 is 5.11 Å². The summed E-state index contributed by atoms with van der Waals surface area (Å²) in [5.74, 6) is -1.63. The highest BCUT2D eigenvalue weighted by atomic mass is 32.1. The minimum absolute atomic E-state index is 0.00191. The van der Waals surface area contributed by atoms with Gasteiger partial charge in [0.25, 0.3) is 0 Å². The van der Waals surface area contributed by atoms with E-state index in [0.29, 0.717) is 0 Å². The lowest BCUT2D eigenvalue weighted by Crippen LogP contribution is -2.27. The number of amides is 1. The SMILES string of the molecule is O=C(O)C1CC(=O)N(c2nccc(-c3cccs3)n2)C1. The van der Waals surface area contributed by atoms with E-state index in [1.54, 1.807) is 23.6 Å². The number of carbonyl (C=O) groups excluding carboxylic acids is 1. The molecule has 0 bridgehead atoms. The topological polar surface area (TPSA) is 83.4 Å². The Hall–Kier alpha value is -2.28. The fourth-order valence-electron chi connectivity index (χ4n) is 2.11. The maximum absolute atomic E-state index is 11.9. The fraction of sp³-hybridized carbons (Fsp3) is 0.231. The summed E-state index contributed by atoms with van der Waals surface area (Å²) in [7, 11) is 0. The maximum atomic E-state index is 11.9. The molecule has 6 nitrogen and oxygen atoms in total. The molecule has 3 rings (SSSR count). The van der Waals surface area contributed by atoms with Crippen molar-refractivity contribution in [3.8, 4) is 10.6 Å². The largest absolute Gasteiger partial charge is 0.481 e. The van der Waals surface area contributed by atoms with Crippen molar-refractivity contribution in [3.63, 3.8) is 0 Å². The fourth-order valence-corrected chi connectivity index (χ4v) is 2.80. The van der Waals surface area contributed by atoms with Crippen molar-refractivity contribution in [2.45, 2.75) is 6.42 Å². The summed E-state index contributed by atoms with van der Waals surface area (Å²) >= 11 is 1.55. The van der Waals surface area contributed by atoms with Crippen LogP contribution in [0, 0.1) is 5.92 Å². The van der Waals surface area contributed by atoms with Crippen LogP contribution in [0.3, 0.4) is 0 Å². The average Bonchev–Trinajstić information content (AvgIpc) is 3.08. The molecule has 1 saturated heterocycles. The smallest absolute Gasteiger partial charge is 0.308 e. The molecule has 0 aromatic carbocycles. The van der Waals surface area contributed by atoms with E-state index in [0.717, 1.165) is 10.6 Å². The van der Waals surface area contributed by atoms with Crippen LogP contribution in [0.4, 0.5) is 5.95 Å². The second kappa shape index (κ2) is 5.01. The Morgan fingerprint density at radius 2 is 2.30 bits per heavy atom. The highest BCUT2D eigenvalue weighted by Gasteiger charge is 2.36. The molecule has 1 fully saturated rings. The predicted octanol–water partition coefficient (Wildman–Crippen LogP) is 1.64. The number of rotatable bonds is 3. The first kappa shape index (κ1) is 12.7. The van der Waals surface area contributed by atoms with Gasteiger partial charge in [0.15, 0.2) is 0 Å². The minimum atomic E-state index is -0.963. The van der Waals surface area contributed by atoms with E-state index >= 15 is 0 Å². The van der Waals surface area contributed by atoms with Crippen LogP contribution in [0.5, 0.6) is 0 Å². The van der Waals surface area contributed by atoms with Crippen molar-refractivity contribution < 1.29 is 14.7 Å². The molecule has 7 heteroatoms. The van der Waals surface area contributed by atoms with Crippen molar-refractivity contribution in [3.05, 3.63) is 29.8 Å². The Morgan fingerprint density at radius 1 is 1.45 bits per heavy atom. The Kier molecular flexibility index (Phi) is 3.19. The molecule has 1 aliphatic heterocycles. The van der Waals surface area contributed by atoms with E-state index in [9.17, 15) is 9.59 Å². The average molecular weight is 289 g/mol. The second-order valence-corrected chi connectivity index (χ2v) is 5.41. The molecule has 1 N–H and O–H groups in total.